The van der Waals surface area contributed by atoms with Crippen molar-refractivity contribution in [3.8, 4) is 0 Å². The lowest BCUT2D eigenvalue weighted by Gasteiger charge is -2.13. The molecule has 0 spiro atoms. The summed E-state index contributed by atoms with van der Waals surface area (Å²) in [5.74, 6) is 0.0952. The molecule has 1 atom stereocenters. The van der Waals surface area contributed by atoms with Gasteiger partial charge in [-0.2, -0.15) is 4.57 Å². The number of rotatable bonds is 8. The Balaban J connectivity index is 1.81. The Kier molecular flexibility index (Phi) is 7.14. The van der Waals surface area contributed by atoms with Gasteiger partial charge in [-0.15, -0.1) is 0 Å². The van der Waals surface area contributed by atoms with Crippen LogP contribution in [0.3, 0.4) is 0 Å². The first kappa shape index (κ1) is 18.6. The molecule has 5 heteroatoms. The van der Waals surface area contributed by atoms with Crippen molar-refractivity contribution in [1.29, 1.82) is 0 Å². The van der Waals surface area contributed by atoms with Crippen LogP contribution < -0.4 is 9.88 Å². The monoisotopic (exact) mass is 341 g/mol. The second kappa shape index (κ2) is 9.57. The molecule has 0 fully saturated rings. The van der Waals surface area contributed by atoms with Crippen molar-refractivity contribution >= 4 is 11.9 Å². The maximum absolute atomic E-state index is 11.9. The molecule has 0 aliphatic heterocycles. The Bertz CT molecular complexity index is 701. The summed E-state index contributed by atoms with van der Waals surface area (Å²) in [6, 6.07) is 13.5. The van der Waals surface area contributed by atoms with Gasteiger partial charge in [0.1, 0.15) is 0 Å². The Hall–Kier alpha value is -2.69. The molecule has 0 radical (unpaired) electrons. The number of hydrogen-bond acceptors (Lipinski definition) is 3. The quantitative estimate of drug-likeness (QED) is 0.592. The lowest BCUT2D eigenvalue weighted by Crippen LogP contribution is -2.41. The zero-order chi connectivity index (χ0) is 18.1. The van der Waals surface area contributed by atoms with E-state index in [1.165, 1.54) is 0 Å². The highest BCUT2D eigenvalue weighted by Crippen LogP contribution is 2.04. The van der Waals surface area contributed by atoms with Gasteiger partial charge in [0.05, 0.1) is 5.56 Å². The van der Waals surface area contributed by atoms with Gasteiger partial charge in [-0.05, 0) is 31.4 Å². The van der Waals surface area contributed by atoms with Crippen LogP contribution in [0.15, 0.2) is 54.9 Å². The zero-order valence-corrected chi connectivity index (χ0v) is 14.8. The second-order valence-corrected chi connectivity index (χ2v) is 6.08. The van der Waals surface area contributed by atoms with E-state index in [2.05, 4.69) is 5.32 Å². The maximum Gasteiger partial charge on any atom is 0.412 e. The van der Waals surface area contributed by atoms with E-state index in [1.54, 1.807) is 29.1 Å². The van der Waals surface area contributed by atoms with Gasteiger partial charge in [-0.3, -0.25) is 4.79 Å². The zero-order valence-electron chi connectivity index (χ0n) is 14.8. The predicted octanol–water partition coefficient (Wildman–Crippen LogP) is 3.27. The SMILES string of the molecule is CCCC(=O)c1ccc[n+](COC(=O)N[C@@H](C)Cc2ccccc2)c1. The number of carbonyl (C=O) groups is 2. The summed E-state index contributed by atoms with van der Waals surface area (Å²) in [6.07, 6.45) is 5.07. The molecule has 0 aliphatic rings. The first-order valence-electron chi connectivity index (χ1n) is 8.58. The number of alkyl carbamates (subject to hydrolysis) is 1. The molecule has 0 saturated heterocycles. The topological polar surface area (TPSA) is 59.3 Å². The van der Waals surface area contributed by atoms with Crippen LogP contribution in [0, 0.1) is 0 Å². The normalized spacial score (nSPS) is 11.6. The molecule has 0 unspecified atom stereocenters. The van der Waals surface area contributed by atoms with E-state index < -0.39 is 6.09 Å². The van der Waals surface area contributed by atoms with Gasteiger partial charge in [0, 0.05) is 18.5 Å². The number of carbonyl (C=O) groups excluding carboxylic acids is 2. The number of amides is 1. The summed E-state index contributed by atoms with van der Waals surface area (Å²) in [7, 11) is 0. The van der Waals surface area contributed by atoms with Crippen LogP contribution in [0.5, 0.6) is 0 Å². The van der Waals surface area contributed by atoms with E-state index >= 15 is 0 Å². The van der Waals surface area contributed by atoms with Crippen LogP contribution in [0.4, 0.5) is 4.79 Å². The van der Waals surface area contributed by atoms with Crippen LogP contribution in [0.2, 0.25) is 0 Å². The fourth-order valence-electron chi connectivity index (χ4n) is 2.53. The highest BCUT2D eigenvalue weighted by molar-refractivity contribution is 5.95. The van der Waals surface area contributed by atoms with E-state index in [0.717, 1.165) is 18.4 Å². The smallest absolute Gasteiger partial charge is 0.388 e. The molecule has 2 aromatic rings. The number of aromatic nitrogens is 1. The van der Waals surface area contributed by atoms with E-state index in [-0.39, 0.29) is 18.6 Å². The molecule has 1 amide bonds. The summed E-state index contributed by atoms with van der Waals surface area (Å²) < 4.78 is 6.92. The molecule has 1 N–H and O–H groups in total. The molecule has 2 rings (SSSR count). The van der Waals surface area contributed by atoms with Gasteiger partial charge >= 0.3 is 6.09 Å². The lowest BCUT2D eigenvalue weighted by molar-refractivity contribution is -0.727. The fourth-order valence-corrected chi connectivity index (χ4v) is 2.53. The Morgan fingerprint density at radius 2 is 1.92 bits per heavy atom. The molecular weight excluding hydrogens is 316 g/mol. The summed E-state index contributed by atoms with van der Waals surface area (Å²) in [5, 5.41) is 2.81. The van der Waals surface area contributed by atoms with Gasteiger partial charge in [0.2, 0.25) is 0 Å². The molecule has 0 saturated carbocycles. The Morgan fingerprint density at radius 1 is 1.16 bits per heavy atom. The number of ketones is 1. The Morgan fingerprint density at radius 3 is 2.64 bits per heavy atom. The summed E-state index contributed by atoms with van der Waals surface area (Å²) >= 11 is 0. The molecule has 25 heavy (non-hydrogen) atoms. The molecule has 132 valence electrons. The highest BCUT2D eigenvalue weighted by atomic mass is 16.6. The predicted molar refractivity (Wildman–Crippen MR) is 95.1 cm³/mol. The first-order valence-corrected chi connectivity index (χ1v) is 8.58. The highest BCUT2D eigenvalue weighted by Gasteiger charge is 2.13. The fraction of sp³-hybridized carbons (Fsp3) is 0.350. The molecule has 0 bridgehead atoms. The molecule has 0 aliphatic carbocycles. The molecule has 1 heterocycles. The summed E-state index contributed by atoms with van der Waals surface area (Å²) in [6.45, 7) is 3.97. The van der Waals surface area contributed by atoms with Crippen molar-refractivity contribution in [2.45, 2.75) is 45.9 Å². The number of nitrogens with one attached hydrogen (secondary N) is 1. The van der Waals surface area contributed by atoms with Gasteiger partial charge < -0.3 is 10.1 Å². The van der Waals surface area contributed by atoms with Crippen molar-refractivity contribution in [3.63, 3.8) is 0 Å². The molecule has 1 aromatic carbocycles. The van der Waals surface area contributed by atoms with E-state index in [9.17, 15) is 9.59 Å². The van der Waals surface area contributed by atoms with Crippen molar-refractivity contribution in [3.05, 3.63) is 66.0 Å². The third-order valence-electron chi connectivity index (χ3n) is 3.75. The second-order valence-electron chi connectivity index (χ2n) is 6.08. The number of pyridine rings is 1. The maximum atomic E-state index is 11.9. The van der Waals surface area contributed by atoms with Crippen LogP contribution in [0.1, 0.15) is 42.6 Å². The minimum absolute atomic E-state index is 0.0302. The van der Waals surface area contributed by atoms with Crippen LogP contribution >= 0.6 is 0 Å². The summed E-state index contributed by atoms with van der Waals surface area (Å²) in [4.78, 5) is 23.8. The number of Topliss-reactive ketones (excluding diaryl/α,β-unsaturated/α-hetero) is 1. The van der Waals surface area contributed by atoms with Crippen molar-refractivity contribution in [2.24, 2.45) is 0 Å². The van der Waals surface area contributed by atoms with E-state index in [1.807, 2.05) is 44.2 Å². The van der Waals surface area contributed by atoms with Gasteiger partial charge in [-0.25, -0.2) is 4.79 Å². The summed E-state index contributed by atoms with van der Waals surface area (Å²) in [5.41, 5.74) is 1.79. The van der Waals surface area contributed by atoms with Crippen LogP contribution in [0.25, 0.3) is 0 Å². The van der Waals surface area contributed by atoms with Crippen molar-refractivity contribution in [2.75, 3.05) is 0 Å². The average molecular weight is 341 g/mol. The third kappa shape index (κ3) is 6.37. The standard InChI is InChI=1S/C20H24N2O3/c1-3-8-19(23)18-11-7-12-22(14-18)15-25-20(24)21-16(2)13-17-9-5-4-6-10-17/h4-7,9-12,14,16H,3,8,13,15H2,1-2H3/p+1/t16-/m0/s1. The van der Waals surface area contributed by atoms with Gasteiger partial charge in [-0.1, -0.05) is 37.3 Å². The first-order chi connectivity index (χ1) is 12.1. The van der Waals surface area contributed by atoms with Crippen LogP contribution in [-0.4, -0.2) is 17.9 Å². The van der Waals surface area contributed by atoms with E-state index in [4.69, 9.17) is 4.74 Å². The molecule has 1 aromatic heterocycles. The van der Waals surface area contributed by atoms with E-state index in [0.29, 0.717) is 12.0 Å². The molecule has 5 nitrogen and oxygen atoms in total. The van der Waals surface area contributed by atoms with Gasteiger partial charge in [0.15, 0.2) is 18.2 Å². The number of benzene rings is 1. The number of ether oxygens (including phenoxy) is 1. The minimum atomic E-state index is -0.471. The third-order valence-corrected chi connectivity index (χ3v) is 3.75. The number of hydrogen-bond donors (Lipinski definition) is 1. The minimum Gasteiger partial charge on any atom is -0.388 e. The Labute approximate surface area is 148 Å². The molecular formula is C20H25N2O3+. The van der Waals surface area contributed by atoms with Crippen LogP contribution in [-0.2, 0) is 17.9 Å². The average Bonchev–Trinajstić information content (AvgIpc) is 2.61. The largest absolute Gasteiger partial charge is 0.412 e. The van der Waals surface area contributed by atoms with Gasteiger partial charge in [0.25, 0.3) is 6.73 Å². The van der Waals surface area contributed by atoms with Crippen molar-refractivity contribution in [1.82, 2.24) is 5.32 Å². The number of nitrogens with zero attached hydrogens (tertiary/aromatic N) is 1. The lowest BCUT2D eigenvalue weighted by atomic mass is 10.1. The van der Waals surface area contributed by atoms with Crippen molar-refractivity contribution < 1.29 is 18.9 Å².